The first-order valence-electron chi connectivity index (χ1n) is 9.28. The second-order valence-corrected chi connectivity index (χ2v) is 35.7. The van der Waals surface area contributed by atoms with Crippen LogP contribution in [0.25, 0.3) is 0 Å². The fourth-order valence-electron chi connectivity index (χ4n) is 19.3. The topological polar surface area (TPSA) is 43.4 Å². The van der Waals surface area contributed by atoms with Crippen LogP contribution < -0.4 is 4.74 Å². The molecule has 1 aromatic carbocycles. The summed E-state index contributed by atoms with van der Waals surface area (Å²) in [5.74, 6) is 1.04. The van der Waals surface area contributed by atoms with Crippen LogP contribution in [0.4, 0.5) is 0 Å². The van der Waals surface area contributed by atoms with E-state index in [0.29, 0.717) is 20.2 Å². The first-order valence-corrected chi connectivity index (χ1v) is 15.5. The Labute approximate surface area is 129 Å². The molecule has 0 bridgehead atoms. The number of benzene rings is 1. The number of Topliss-reactive ketones (excluding diaryl/α,β-unsaturated/α-hetero) is 1. The molecule has 0 radical (unpaired) electrons. The summed E-state index contributed by atoms with van der Waals surface area (Å²) in [6, 6.07) is 8.55. The third-order valence-electron chi connectivity index (χ3n) is 16.9. The molecule has 10 aliphatic heterocycles. The van der Waals surface area contributed by atoms with Crippen LogP contribution in [-0.2, 0) is 20.4 Å². The monoisotopic (exact) mass is 362 g/mol. The zero-order valence-electron chi connectivity index (χ0n) is 13.5. The van der Waals surface area contributed by atoms with Crippen LogP contribution in [-0.4, -0.2) is 11.8 Å². The summed E-state index contributed by atoms with van der Waals surface area (Å²) in [5.41, 5.74) is 1.56. The molecule has 0 N–H and O–H groups in total. The van der Waals surface area contributed by atoms with E-state index in [1.165, 1.54) is 6.92 Å². The molecular formula is C20H18FeO3. The van der Waals surface area contributed by atoms with Crippen LogP contribution in [0.15, 0.2) is 24.3 Å². The third kappa shape index (κ3) is 0.131. The average Bonchev–Trinajstić information content (AvgIpc) is 3.48. The molecule has 10 saturated heterocycles. The number of carbonyl (C=O) groups excluding carboxylic acids is 2. The molecule has 1 aromatic rings. The molecular weight excluding hydrogens is 344 g/mol. The van der Waals surface area contributed by atoms with Crippen LogP contribution >= 0.6 is 0 Å². The van der Waals surface area contributed by atoms with Gasteiger partial charge < -0.3 is 0 Å². The average molecular weight is 362 g/mol. The van der Waals surface area contributed by atoms with Crippen LogP contribution in [0.2, 0.25) is 42.8 Å². The van der Waals surface area contributed by atoms with Crippen molar-refractivity contribution < 1.29 is 20.8 Å². The molecule has 0 aromatic heterocycles. The Balaban J connectivity index is 1.28. The predicted molar refractivity (Wildman–Crippen MR) is 82.8 cm³/mol. The van der Waals surface area contributed by atoms with Crippen LogP contribution in [0.3, 0.4) is 0 Å². The number of ketones is 1. The van der Waals surface area contributed by atoms with Crippen molar-refractivity contribution in [3.05, 3.63) is 29.8 Å². The van der Waals surface area contributed by atoms with Gasteiger partial charge in [-0.15, -0.1) is 0 Å². The number of hydrogen-bond acceptors (Lipinski definition) is 3. The molecule has 10 fully saturated rings. The Morgan fingerprint density at radius 2 is 1.46 bits per heavy atom. The van der Waals surface area contributed by atoms with Crippen molar-refractivity contribution >= 4 is 11.8 Å². The van der Waals surface area contributed by atoms with E-state index in [0.717, 1.165) is 38.5 Å². The van der Waals surface area contributed by atoms with Gasteiger partial charge in [0.1, 0.15) is 0 Å². The zero-order chi connectivity index (χ0) is 15.8. The van der Waals surface area contributed by atoms with Crippen molar-refractivity contribution in [3.63, 3.8) is 0 Å². The van der Waals surface area contributed by atoms with Gasteiger partial charge in [0.05, 0.1) is 0 Å². The Bertz CT molecular complexity index is 1430. The Hall–Kier alpha value is -1.12. The quantitative estimate of drug-likeness (QED) is 0.456. The van der Waals surface area contributed by atoms with Crippen molar-refractivity contribution in [3.8, 4) is 5.75 Å². The van der Waals surface area contributed by atoms with E-state index in [1.54, 1.807) is 5.56 Å². The molecule has 8 atom stereocenters. The van der Waals surface area contributed by atoms with Crippen molar-refractivity contribution in [1.82, 2.24) is 0 Å². The van der Waals surface area contributed by atoms with Gasteiger partial charge in [0, 0.05) is 0 Å². The Morgan fingerprint density at radius 3 is 1.83 bits per heavy atom. The van der Waals surface area contributed by atoms with E-state index in [1.807, 2.05) is 19.1 Å². The van der Waals surface area contributed by atoms with Gasteiger partial charge in [-0.25, -0.2) is 0 Å². The summed E-state index contributed by atoms with van der Waals surface area (Å²) >= 11 is 0. The van der Waals surface area contributed by atoms with Gasteiger partial charge in [0.25, 0.3) is 0 Å². The molecule has 1 spiro atoms. The summed E-state index contributed by atoms with van der Waals surface area (Å²) in [7, 11) is 0. The van der Waals surface area contributed by atoms with E-state index < -0.39 is 6.51 Å². The van der Waals surface area contributed by atoms with E-state index in [-0.39, 0.29) is 5.97 Å². The van der Waals surface area contributed by atoms with Crippen LogP contribution in [0.1, 0.15) is 19.4 Å². The van der Waals surface area contributed by atoms with Gasteiger partial charge >= 0.3 is 129 Å². The second-order valence-electron chi connectivity index (χ2n) is 12.5. The summed E-state index contributed by atoms with van der Waals surface area (Å²) in [4.78, 5) is 32.6. The van der Waals surface area contributed by atoms with Gasteiger partial charge in [-0.2, -0.15) is 0 Å². The van der Waals surface area contributed by atoms with E-state index in [9.17, 15) is 9.59 Å². The standard InChI is InChI=1S/C13H11O2.C7H7O.Fe/c1-10(14)15-13-8-6-12(7-9-13)11-4-2-3-5-11;1-6(8)7-4-2-3-5-7;/h2-9H,1H3;2-5H,1H3;. The van der Waals surface area contributed by atoms with Crippen LogP contribution in [0, 0.1) is 0 Å². The van der Waals surface area contributed by atoms with Crippen molar-refractivity contribution in [2.45, 2.75) is 61.0 Å². The van der Waals surface area contributed by atoms with Crippen LogP contribution in [0.5, 0.6) is 5.75 Å². The molecule has 124 valence electrons. The third-order valence-corrected chi connectivity index (χ3v) is 59.8. The molecule has 4 heteroatoms. The van der Waals surface area contributed by atoms with E-state index in [4.69, 9.17) is 4.74 Å². The Kier molecular flexibility index (Phi) is 0.429. The summed E-state index contributed by atoms with van der Waals surface area (Å²) in [6.07, 6.45) is 0. The van der Waals surface area contributed by atoms with Crippen molar-refractivity contribution in [1.29, 1.82) is 0 Å². The molecule has 0 saturated carbocycles. The molecule has 10 aliphatic rings. The summed E-state index contributed by atoms with van der Waals surface area (Å²) in [5, 5.41) is 0. The molecule has 8 unspecified atom stereocenters. The minimum absolute atomic E-state index is 0.253. The fourth-order valence-corrected chi connectivity index (χ4v) is 95.8. The van der Waals surface area contributed by atoms with Gasteiger partial charge in [0.2, 0.25) is 0 Å². The SMILES string of the molecule is CC(=O)Oc1ccc([C]23[CH]4[CH]5[CH]6[CH]2[Fe]56432789[CH]3[CH]2[CH]7[C]8(C(C)=O)[CH]39)cc1. The first kappa shape index (κ1) is 10.1. The second kappa shape index (κ2) is 1.02. The summed E-state index contributed by atoms with van der Waals surface area (Å²) < 4.78 is 6.12. The van der Waals surface area contributed by atoms with Crippen molar-refractivity contribution in [2.24, 2.45) is 0 Å². The predicted octanol–water partition coefficient (Wildman–Crippen LogP) is 4.37. The van der Waals surface area contributed by atoms with Gasteiger partial charge in [-0.05, 0) is 0 Å². The maximum absolute atomic E-state index is 12.9. The van der Waals surface area contributed by atoms with E-state index >= 15 is 0 Å². The van der Waals surface area contributed by atoms with Crippen molar-refractivity contribution in [2.75, 3.05) is 0 Å². The number of rotatable bonds is 3. The zero-order valence-corrected chi connectivity index (χ0v) is 14.6. The molecule has 11 rings (SSSR count). The molecule has 0 aliphatic carbocycles. The number of fused-ring (bicyclic) bond motifs is 10. The van der Waals surface area contributed by atoms with Gasteiger partial charge in [-0.3, -0.25) is 0 Å². The number of hydrogen-bond donors (Lipinski definition) is 0. The molecule has 24 heavy (non-hydrogen) atoms. The van der Waals surface area contributed by atoms with Gasteiger partial charge in [0.15, 0.2) is 0 Å². The number of ether oxygens (including phenoxy) is 1. The number of esters is 1. The van der Waals surface area contributed by atoms with E-state index in [2.05, 4.69) is 12.1 Å². The maximum atomic E-state index is 12.9. The normalized spacial score (nSPS) is 90.4. The summed E-state index contributed by atoms with van der Waals surface area (Å²) in [6.45, 7) is -0.237. The first-order chi connectivity index (χ1) is 11.3. The molecule has 0 amide bonds. The fraction of sp³-hybridized carbons (Fsp3) is 0.600. The Morgan fingerprint density at radius 1 is 0.917 bits per heavy atom. The number of carbonyl (C=O) groups is 2. The minimum atomic E-state index is -3.65. The molecule has 10 heterocycles. The van der Waals surface area contributed by atoms with Gasteiger partial charge in [-0.1, -0.05) is 0 Å². The molecule has 3 nitrogen and oxygen atoms in total.